The van der Waals surface area contributed by atoms with E-state index in [0.717, 1.165) is 19.0 Å². The predicted molar refractivity (Wildman–Crippen MR) is 77.9 cm³/mol. The quantitative estimate of drug-likeness (QED) is 0.879. The zero-order valence-corrected chi connectivity index (χ0v) is 12.2. The van der Waals surface area contributed by atoms with Gasteiger partial charge in [-0.2, -0.15) is 0 Å². The van der Waals surface area contributed by atoms with Crippen molar-refractivity contribution in [3.8, 4) is 0 Å². The van der Waals surface area contributed by atoms with Crippen molar-refractivity contribution >= 4 is 0 Å². The van der Waals surface area contributed by atoms with E-state index in [1.165, 1.54) is 29.7 Å². The van der Waals surface area contributed by atoms with Crippen molar-refractivity contribution in [2.24, 2.45) is 5.92 Å². The maximum Gasteiger partial charge on any atom is 0.0388 e. The summed E-state index contributed by atoms with van der Waals surface area (Å²) in [5, 5.41) is 3.52. The van der Waals surface area contributed by atoms with Crippen molar-refractivity contribution in [2.45, 2.75) is 33.2 Å². The van der Waals surface area contributed by atoms with E-state index in [2.05, 4.69) is 56.2 Å². The summed E-state index contributed by atoms with van der Waals surface area (Å²) >= 11 is 0. The molecule has 2 unspecified atom stereocenters. The van der Waals surface area contributed by atoms with Crippen LogP contribution in [-0.2, 0) is 0 Å². The Labute approximate surface area is 111 Å². The first kappa shape index (κ1) is 13.6. The highest BCUT2D eigenvalue weighted by atomic mass is 15.2. The Morgan fingerprint density at radius 2 is 2.11 bits per heavy atom. The van der Waals surface area contributed by atoms with Gasteiger partial charge in [-0.25, -0.2) is 0 Å². The molecule has 2 heteroatoms. The molecule has 2 rings (SSSR count). The summed E-state index contributed by atoms with van der Waals surface area (Å²) in [5.41, 5.74) is 4.33. The molecule has 0 amide bonds. The SMILES string of the molecule is CCNCC1CCN(C)C1c1cc(C)ccc1C. The van der Waals surface area contributed by atoms with Gasteiger partial charge in [0.15, 0.2) is 0 Å². The van der Waals surface area contributed by atoms with Crippen molar-refractivity contribution in [2.75, 3.05) is 26.7 Å². The fourth-order valence-electron chi connectivity index (χ4n) is 3.14. The molecule has 1 aliphatic heterocycles. The molecule has 1 aromatic rings. The average Bonchev–Trinajstić information content (AvgIpc) is 2.71. The van der Waals surface area contributed by atoms with Crippen molar-refractivity contribution in [3.05, 3.63) is 34.9 Å². The molecule has 0 aliphatic carbocycles. The lowest BCUT2D eigenvalue weighted by Gasteiger charge is -2.27. The summed E-state index contributed by atoms with van der Waals surface area (Å²) in [6, 6.07) is 7.44. The van der Waals surface area contributed by atoms with Gasteiger partial charge in [0.05, 0.1) is 0 Å². The second-order valence-corrected chi connectivity index (χ2v) is 5.64. The van der Waals surface area contributed by atoms with Crippen LogP contribution in [-0.4, -0.2) is 31.6 Å². The first-order chi connectivity index (χ1) is 8.63. The van der Waals surface area contributed by atoms with Crippen LogP contribution in [0, 0.1) is 19.8 Å². The fourth-order valence-corrected chi connectivity index (χ4v) is 3.14. The molecule has 0 aromatic heterocycles. The summed E-state index contributed by atoms with van der Waals surface area (Å²) in [6.07, 6.45) is 1.31. The minimum Gasteiger partial charge on any atom is -0.317 e. The van der Waals surface area contributed by atoms with Crippen LogP contribution in [0.5, 0.6) is 0 Å². The number of nitrogens with zero attached hydrogens (tertiary/aromatic N) is 1. The van der Waals surface area contributed by atoms with Crippen LogP contribution >= 0.6 is 0 Å². The molecule has 1 aromatic carbocycles. The van der Waals surface area contributed by atoms with Crippen LogP contribution in [0.2, 0.25) is 0 Å². The van der Waals surface area contributed by atoms with Gasteiger partial charge in [0.1, 0.15) is 0 Å². The van der Waals surface area contributed by atoms with Crippen LogP contribution in [0.25, 0.3) is 0 Å². The minimum absolute atomic E-state index is 0.587. The second kappa shape index (κ2) is 5.85. The molecule has 0 spiro atoms. The number of hydrogen-bond acceptors (Lipinski definition) is 2. The number of aryl methyl sites for hydroxylation is 2. The van der Waals surface area contributed by atoms with E-state index in [1.54, 1.807) is 0 Å². The zero-order chi connectivity index (χ0) is 13.1. The van der Waals surface area contributed by atoms with Gasteiger partial charge in [0, 0.05) is 6.04 Å². The van der Waals surface area contributed by atoms with Gasteiger partial charge in [-0.05, 0) is 64.0 Å². The van der Waals surface area contributed by atoms with Crippen LogP contribution in [0.3, 0.4) is 0 Å². The molecule has 0 radical (unpaired) electrons. The molecule has 1 heterocycles. The van der Waals surface area contributed by atoms with Crippen LogP contribution < -0.4 is 5.32 Å². The lowest BCUT2D eigenvalue weighted by Crippen LogP contribution is -2.28. The average molecular weight is 246 g/mol. The maximum atomic E-state index is 3.52. The lowest BCUT2D eigenvalue weighted by molar-refractivity contribution is 0.272. The Morgan fingerprint density at radius 1 is 1.33 bits per heavy atom. The van der Waals surface area contributed by atoms with Gasteiger partial charge in [-0.15, -0.1) is 0 Å². The Balaban J connectivity index is 2.24. The van der Waals surface area contributed by atoms with Crippen molar-refractivity contribution in [3.63, 3.8) is 0 Å². The van der Waals surface area contributed by atoms with Gasteiger partial charge in [0.2, 0.25) is 0 Å². The van der Waals surface area contributed by atoms with Crippen LogP contribution in [0.1, 0.15) is 36.1 Å². The summed E-state index contributed by atoms with van der Waals surface area (Å²) in [6.45, 7) is 10.0. The number of rotatable bonds is 4. The first-order valence-electron chi connectivity index (χ1n) is 7.11. The van der Waals surface area contributed by atoms with E-state index >= 15 is 0 Å². The summed E-state index contributed by atoms with van der Waals surface area (Å²) in [4.78, 5) is 2.52. The third-order valence-corrected chi connectivity index (χ3v) is 4.18. The largest absolute Gasteiger partial charge is 0.317 e. The Bertz CT molecular complexity index is 400. The highest BCUT2D eigenvalue weighted by Crippen LogP contribution is 2.37. The van der Waals surface area contributed by atoms with Crippen molar-refractivity contribution < 1.29 is 0 Å². The van der Waals surface area contributed by atoms with Gasteiger partial charge < -0.3 is 5.32 Å². The number of benzene rings is 1. The molecule has 0 bridgehead atoms. The molecular formula is C16H26N2. The summed E-state index contributed by atoms with van der Waals surface area (Å²) < 4.78 is 0. The van der Waals surface area contributed by atoms with E-state index < -0.39 is 0 Å². The van der Waals surface area contributed by atoms with E-state index in [-0.39, 0.29) is 0 Å². The molecular weight excluding hydrogens is 220 g/mol. The maximum absolute atomic E-state index is 3.52. The predicted octanol–water partition coefficient (Wildman–Crippen LogP) is 2.91. The third kappa shape index (κ3) is 2.76. The van der Waals surface area contributed by atoms with E-state index in [9.17, 15) is 0 Å². The first-order valence-corrected chi connectivity index (χ1v) is 7.11. The standard InChI is InChI=1S/C16H26N2/c1-5-17-11-14-8-9-18(4)16(14)15-10-12(2)6-7-13(15)3/h6-7,10,14,16-17H,5,8-9,11H2,1-4H3. The zero-order valence-electron chi connectivity index (χ0n) is 12.2. The smallest absolute Gasteiger partial charge is 0.0388 e. The van der Waals surface area contributed by atoms with Gasteiger partial charge in [-0.3, -0.25) is 4.90 Å². The Morgan fingerprint density at radius 3 is 2.83 bits per heavy atom. The fraction of sp³-hybridized carbons (Fsp3) is 0.625. The minimum atomic E-state index is 0.587. The normalized spacial score (nSPS) is 24.7. The Hall–Kier alpha value is -0.860. The molecule has 2 atom stereocenters. The van der Waals surface area contributed by atoms with Crippen molar-refractivity contribution in [1.82, 2.24) is 10.2 Å². The second-order valence-electron chi connectivity index (χ2n) is 5.64. The topological polar surface area (TPSA) is 15.3 Å². The van der Waals surface area contributed by atoms with Crippen LogP contribution in [0.15, 0.2) is 18.2 Å². The van der Waals surface area contributed by atoms with Gasteiger partial charge in [-0.1, -0.05) is 30.7 Å². The third-order valence-electron chi connectivity index (χ3n) is 4.18. The van der Waals surface area contributed by atoms with Gasteiger partial charge in [0.25, 0.3) is 0 Å². The highest BCUT2D eigenvalue weighted by molar-refractivity contribution is 5.34. The molecule has 100 valence electrons. The molecule has 1 saturated heterocycles. The summed E-state index contributed by atoms with van der Waals surface area (Å²) in [7, 11) is 2.26. The van der Waals surface area contributed by atoms with E-state index in [1.807, 2.05) is 0 Å². The van der Waals surface area contributed by atoms with Crippen LogP contribution in [0.4, 0.5) is 0 Å². The monoisotopic (exact) mass is 246 g/mol. The molecule has 2 nitrogen and oxygen atoms in total. The molecule has 0 saturated carbocycles. The molecule has 1 aliphatic rings. The van der Waals surface area contributed by atoms with Crippen molar-refractivity contribution in [1.29, 1.82) is 0 Å². The highest BCUT2D eigenvalue weighted by Gasteiger charge is 2.33. The molecule has 1 N–H and O–H groups in total. The number of nitrogens with one attached hydrogen (secondary N) is 1. The lowest BCUT2D eigenvalue weighted by atomic mass is 9.90. The summed E-state index contributed by atoms with van der Waals surface area (Å²) in [5.74, 6) is 0.746. The Kier molecular flexibility index (Phi) is 4.41. The molecule has 18 heavy (non-hydrogen) atoms. The number of hydrogen-bond donors (Lipinski definition) is 1. The number of likely N-dealkylation sites (tertiary alicyclic amines) is 1. The molecule has 1 fully saturated rings. The van der Waals surface area contributed by atoms with E-state index in [0.29, 0.717) is 6.04 Å². The van der Waals surface area contributed by atoms with E-state index in [4.69, 9.17) is 0 Å². The van der Waals surface area contributed by atoms with Gasteiger partial charge >= 0.3 is 0 Å².